The van der Waals surface area contributed by atoms with E-state index in [1.165, 1.54) is 4.88 Å². The molecule has 14 heavy (non-hydrogen) atoms. The zero-order valence-corrected chi connectivity index (χ0v) is 9.86. The molecule has 4 heteroatoms. The molecule has 0 saturated carbocycles. The van der Waals surface area contributed by atoms with Crippen molar-refractivity contribution < 1.29 is 4.74 Å². The summed E-state index contributed by atoms with van der Waals surface area (Å²) in [5.41, 5.74) is 2.94. The molecule has 1 atom stereocenters. The zero-order chi connectivity index (χ0) is 10.4. The van der Waals surface area contributed by atoms with Gasteiger partial charge in [-0.1, -0.05) is 6.92 Å². The number of rotatable bonds is 6. The molecule has 0 aromatic carbocycles. The van der Waals surface area contributed by atoms with Crippen LogP contribution in [0, 0.1) is 0 Å². The van der Waals surface area contributed by atoms with Gasteiger partial charge in [-0.25, -0.2) is 4.98 Å². The second-order valence-electron chi connectivity index (χ2n) is 3.35. The number of hydrogen-bond acceptors (Lipinski definition) is 4. The van der Waals surface area contributed by atoms with Gasteiger partial charge < -0.3 is 10.1 Å². The van der Waals surface area contributed by atoms with Crippen LogP contribution >= 0.6 is 11.3 Å². The van der Waals surface area contributed by atoms with Gasteiger partial charge in [0, 0.05) is 24.6 Å². The molecule has 1 aromatic heterocycles. The second-order valence-corrected chi connectivity index (χ2v) is 4.28. The Labute approximate surface area is 89.5 Å². The molecule has 0 spiro atoms. The summed E-state index contributed by atoms with van der Waals surface area (Å²) in [6.45, 7) is 5.89. The molecule has 0 amide bonds. The Balaban J connectivity index is 2.45. The van der Waals surface area contributed by atoms with Crippen molar-refractivity contribution in [3.63, 3.8) is 0 Å². The Kier molecular flexibility index (Phi) is 5.07. The van der Waals surface area contributed by atoms with E-state index in [0.717, 1.165) is 18.7 Å². The average Bonchev–Trinajstić information content (AvgIpc) is 2.62. The van der Waals surface area contributed by atoms with E-state index in [4.69, 9.17) is 4.74 Å². The van der Waals surface area contributed by atoms with Gasteiger partial charge in [0.15, 0.2) is 0 Å². The van der Waals surface area contributed by atoms with E-state index in [1.807, 2.05) is 5.51 Å². The van der Waals surface area contributed by atoms with Gasteiger partial charge in [-0.15, -0.1) is 11.3 Å². The first-order valence-corrected chi connectivity index (χ1v) is 5.79. The van der Waals surface area contributed by atoms with E-state index in [9.17, 15) is 0 Å². The van der Waals surface area contributed by atoms with Crippen molar-refractivity contribution in [2.45, 2.75) is 39.5 Å². The van der Waals surface area contributed by atoms with E-state index in [-0.39, 0.29) is 0 Å². The number of nitrogens with one attached hydrogen (secondary N) is 1. The van der Waals surface area contributed by atoms with Crippen LogP contribution in [-0.4, -0.2) is 18.1 Å². The number of methoxy groups -OCH3 is 1. The van der Waals surface area contributed by atoms with E-state index in [0.29, 0.717) is 12.6 Å². The maximum Gasteiger partial charge on any atom is 0.0895 e. The largest absolute Gasteiger partial charge is 0.378 e. The highest BCUT2D eigenvalue weighted by atomic mass is 32.1. The summed E-state index contributed by atoms with van der Waals surface area (Å²) in [5.74, 6) is 0. The quantitative estimate of drug-likeness (QED) is 0.788. The maximum atomic E-state index is 5.08. The lowest BCUT2D eigenvalue weighted by Crippen LogP contribution is -2.24. The summed E-state index contributed by atoms with van der Waals surface area (Å²) >= 11 is 1.69. The molecule has 0 aliphatic carbocycles. The van der Waals surface area contributed by atoms with Crippen molar-refractivity contribution in [2.75, 3.05) is 7.11 Å². The molecule has 0 fully saturated rings. The molecular formula is C10H18N2OS. The molecule has 1 rings (SSSR count). The molecule has 1 aromatic rings. The highest BCUT2D eigenvalue weighted by Crippen LogP contribution is 2.14. The third-order valence-corrected chi connectivity index (χ3v) is 3.11. The minimum Gasteiger partial charge on any atom is -0.378 e. The predicted molar refractivity (Wildman–Crippen MR) is 59.4 cm³/mol. The van der Waals surface area contributed by atoms with E-state index in [1.54, 1.807) is 18.4 Å². The standard InChI is InChI=1S/C10H18N2OS/c1-4-8(2)11-5-10-9(6-13-3)12-7-14-10/h7-8,11H,4-6H2,1-3H3. The fourth-order valence-electron chi connectivity index (χ4n) is 1.10. The number of aromatic nitrogens is 1. The molecule has 0 aliphatic rings. The Hall–Kier alpha value is -0.450. The molecular weight excluding hydrogens is 196 g/mol. The van der Waals surface area contributed by atoms with Crippen molar-refractivity contribution in [1.82, 2.24) is 10.3 Å². The maximum absolute atomic E-state index is 5.08. The molecule has 1 N–H and O–H groups in total. The summed E-state index contributed by atoms with van der Waals surface area (Å²) in [4.78, 5) is 5.55. The average molecular weight is 214 g/mol. The van der Waals surface area contributed by atoms with Crippen LogP contribution in [0.2, 0.25) is 0 Å². The summed E-state index contributed by atoms with van der Waals surface area (Å²) < 4.78 is 5.08. The number of ether oxygens (including phenoxy) is 1. The topological polar surface area (TPSA) is 34.2 Å². The van der Waals surface area contributed by atoms with Crippen LogP contribution in [0.25, 0.3) is 0 Å². The lowest BCUT2D eigenvalue weighted by molar-refractivity contribution is 0.181. The van der Waals surface area contributed by atoms with Gasteiger partial charge in [-0.3, -0.25) is 0 Å². The fourth-order valence-corrected chi connectivity index (χ4v) is 1.82. The highest BCUT2D eigenvalue weighted by Gasteiger charge is 2.06. The molecule has 0 saturated heterocycles. The molecule has 80 valence electrons. The first-order chi connectivity index (χ1) is 6.77. The molecule has 0 radical (unpaired) electrons. The van der Waals surface area contributed by atoms with Crippen LogP contribution in [0.5, 0.6) is 0 Å². The summed E-state index contributed by atoms with van der Waals surface area (Å²) in [5, 5.41) is 3.45. The van der Waals surface area contributed by atoms with Crippen molar-refractivity contribution in [2.24, 2.45) is 0 Å². The molecule has 1 heterocycles. The lowest BCUT2D eigenvalue weighted by atomic mass is 10.2. The first kappa shape index (κ1) is 11.6. The Morgan fingerprint density at radius 1 is 1.64 bits per heavy atom. The summed E-state index contributed by atoms with van der Waals surface area (Å²) in [6, 6.07) is 0.562. The van der Waals surface area contributed by atoms with Crippen LogP contribution in [-0.2, 0) is 17.9 Å². The molecule has 0 aliphatic heterocycles. The van der Waals surface area contributed by atoms with Crippen molar-refractivity contribution in [1.29, 1.82) is 0 Å². The first-order valence-electron chi connectivity index (χ1n) is 4.91. The smallest absolute Gasteiger partial charge is 0.0895 e. The van der Waals surface area contributed by atoms with Gasteiger partial charge in [0.25, 0.3) is 0 Å². The number of hydrogen-bond donors (Lipinski definition) is 1. The van der Waals surface area contributed by atoms with Crippen LogP contribution in [0.1, 0.15) is 30.8 Å². The minimum atomic E-state index is 0.562. The van der Waals surface area contributed by atoms with Crippen LogP contribution in [0.15, 0.2) is 5.51 Å². The van der Waals surface area contributed by atoms with Crippen LogP contribution in [0.4, 0.5) is 0 Å². The third-order valence-electron chi connectivity index (χ3n) is 2.23. The van der Waals surface area contributed by atoms with Gasteiger partial charge >= 0.3 is 0 Å². The normalized spacial score (nSPS) is 13.1. The van der Waals surface area contributed by atoms with Gasteiger partial charge in [-0.2, -0.15) is 0 Å². The predicted octanol–water partition coefficient (Wildman–Crippen LogP) is 2.18. The van der Waals surface area contributed by atoms with E-state index >= 15 is 0 Å². The van der Waals surface area contributed by atoms with Gasteiger partial charge in [0.2, 0.25) is 0 Å². The van der Waals surface area contributed by atoms with E-state index in [2.05, 4.69) is 24.1 Å². The van der Waals surface area contributed by atoms with Gasteiger partial charge in [0.05, 0.1) is 17.8 Å². The van der Waals surface area contributed by atoms with Crippen molar-refractivity contribution >= 4 is 11.3 Å². The third kappa shape index (κ3) is 3.36. The van der Waals surface area contributed by atoms with E-state index < -0.39 is 0 Å². The molecule has 3 nitrogen and oxygen atoms in total. The molecule has 0 bridgehead atoms. The Bertz CT molecular complexity index is 262. The monoisotopic (exact) mass is 214 g/mol. The van der Waals surface area contributed by atoms with Crippen LogP contribution < -0.4 is 5.32 Å². The molecule has 1 unspecified atom stereocenters. The van der Waals surface area contributed by atoms with Crippen molar-refractivity contribution in [3.05, 3.63) is 16.1 Å². The van der Waals surface area contributed by atoms with Crippen LogP contribution in [0.3, 0.4) is 0 Å². The summed E-state index contributed by atoms with van der Waals surface area (Å²) in [7, 11) is 1.70. The Morgan fingerprint density at radius 2 is 2.43 bits per heavy atom. The van der Waals surface area contributed by atoms with Gasteiger partial charge in [-0.05, 0) is 13.3 Å². The fraction of sp³-hybridized carbons (Fsp3) is 0.700. The second kappa shape index (κ2) is 6.11. The Morgan fingerprint density at radius 3 is 3.07 bits per heavy atom. The number of nitrogens with zero attached hydrogens (tertiary/aromatic N) is 1. The van der Waals surface area contributed by atoms with Crippen molar-refractivity contribution in [3.8, 4) is 0 Å². The lowest BCUT2D eigenvalue weighted by Gasteiger charge is -2.10. The van der Waals surface area contributed by atoms with Gasteiger partial charge in [0.1, 0.15) is 0 Å². The highest BCUT2D eigenvalue weighted by molar-refractivity contribution is 7.09. The SMILES string of the molecule is CCC(C)NCc1scnc1COC. The zero-order valence-electron chi connectivity index (χ0n) is 9.04. The number of thiazole rings is 1. The minimum absolute atomic E-state index is 0.562. The summed E-state index contributed by atoms with van der Waals surface area (Å²) in [6.07, 6.45) is 1.15.